The van der Waals surface area contributed by atoms with Crippen LogP contribution in [0.25, 0.3) is 0 Å². The molecule has 1 atom stereocenters. The molecule has 1 aromatic heterocycles. The molecule has 2 aromatic rings. The van der Waals surface area contributed by atoms with Gasteiger partial charge >= 0.3 is 0 Å². The highest BCUT2D eigenvalue weighted by Gasteiger charge is 2.43. The number of aliphatic hydroxyl groups is 1. The van der Waals surface area contributed by atoms with Crippen LogP contribution in [0.15, 0.2) is 60.0 Å². The summed E-state index contributed by atoms with van der Waals surface area (Å²) in [4.78, 5) is 30.8. The number of carbonyl (C=O) groups excluding carboxylic acids is 2. The molecule has 1 aliphatic rings. The number of carbonyl (C=O) groups is 2. The minimum absolute atomic E-state index is 0.138. The Hall–Kier alpha value is -3.15. The largest absolute Gasteiger partial charge is 0.503 e. The Morgan fingerprint density at radius 1 is 1.23 bits per heavy atom. The Balaban J connectivity index is 2.04. The maximum Gasteiger partial charge on any atom is 0.290 e. The van der Waals surface area contributed by atoms with Crippen molar-refractivity contribution in [2.45, 2.75) is 25.9 Å². The van der Waals surface area contributed by atoms with E-state index in [0.29, 0.717) is 11.4 Å². The minimum Gasteiger partial charge on any atom is -0.503 e. The molecule has 0 saturated carbocycles. The van der Waals surface area contributed by atoms with Crippen LogP contribution in [0.1, 0.15) is 30.6 Å². The van der Waals surface area contributed by atoms with Crippen LogP contribution in [0.3, 0.4) is 0 Å². The standard InChI is InChI=1S/C20H20N2O4/c1-3-16(23)17-18(13-7-9-15(26-2)10-8-13)22(20(25)19(17)24)12-14-6-4-5-11-21-14/h4-11,18,24H,3,12H2,1-2H3. The van der Waals surface area contributed by atoms with Crippen LogP contribution < -0.4 is 4.74 Å². The molecule has 0 radical (unpaired) electrons. The minimum atomic E-state index is -0.650. The van der Waals surface area contributed by atoms with Gasteiger partial charge in [-0.1, -0.05) is 25.1 Å². The molecule has 1 amide bonds. The summed E-state index contributed by atoms with van der Waals surface area (Å²) in [6, 6.07) is 11.9. The van der Waals surface area contributed by atoms with Gasteiger partial charge in [-0.3, -0.25) is 14.6 Å². The quantitative estimate of drug-likeness (QED) is 0.864. The molecule has 1 N–H and O–H groups in total. The normalized spacial score (nSPS) is 16.9. The number of rotatable bonds is 6. The highest BCUT2D eigenvalue weighted by atomic mass is 16.5. The number of amides is 1. The third kappa shape index (κ3) is 3.18. The van der Waals surface area contributed by atoms with Gasteiger partial charge in [0.25, 0.3) is 5.91 Å². The predicted molar refractivity (Wildman–Crippen MR) is 95.5 cm³/mol. The summed E-state index contributed by atoms with van der Waals surface area (Å²) < 4.78 is 5.17. The van der Waals surface area contributed by atoms with E-state index in [0.717, 1.165) is 5.56 Å². The molecule has 1 aromatic carbocycles. The lowest BCUT2D eigenvalue weighted by atomic mass is 9.95. The van der Waals surface area contributed by atoms with Crippen molar-refractivity contribution in [1.82, 2.24) is 9.88 Å². The van der Waals surface area contributed by atoms with Crippen molar-refractivity contribution >= 4 is 11.7 Å². The summed E-state index contributed by atoms with van der Waals surface area (Å²) >= 11 is 0. The maximum absolute atomic E-state index is 12.7. The Morgan fingerprint density at radius 3 is 2.54 bits per heavy atom. The lowest BCUT2D eigenvalue weighted by Crippen LogP contribution is -2.31. The first-order chi connectivity index (χ1) is 12.6. The molecule has 2 heterocycles. The van der Waals surface area contributed by atoms with Crippen molar-refractivity contribution in [2.24, 2.45) is 0 Å². The summed E-state index contributed by atoms with van der Waals surface area (Å²) in [6.07, 6.45) is 1.85. The average Bonchev–Trinajstić information content (AvgIpc) is 2.93. The van der Waals surface area contributed by atoms with Gasteiger partial charge in [-0.25, -0.2) is 0 Å². The molecule has 6 heteroatoms. The number of nitrogens with zero attached hydrogens (tertiary/aromatic N) is 2. The summed E-state index contributed by atoms with van der Waals surface area (Å²) in [6.45, 7) is 1.90. The van der Waals surface area contributed by atoms with E-state index in [1.54, 1.807) is 56.6 Å². The van der Waals surface area contributed by atoms with Gasteiger partial charge in [-0.2, -0.15) is 0 Å². The summed E-state index contributed by atoms with van der Waals surface area (Å²) in [5, 5.41) is 10.4. The summed E-state index contributed by atoms with van der Waals surface area (Å²) in [5.41, 5.74) is 1.55. The van der Waals surface area contributed by atoms with E-state index < -0.39 is 17.7 Å². The molecule has 6 nitrogen and oxygen atoms in total. The monoisotopic (exact) mass is 352 g/mol. The highest BCUT2D eigenvalue weighted by molar-refractivity contribution is 6.08. The highest BCUT2D eigenvalue weighted by Crippen LogP contribution is 2.39. The van der Waals surface area contributed by atoms with Gasteiger partial charge in [0, 0.05) is 12.6 Å². The maximum atomic E-state index is 12.7. The first-order valence-electron chi connectivity index (χ1n) is 8.38. The van der Waals surface area contributed by atoms with E-state index in [9.17, 15) is 14.7 Å². The van der Waals surface area contributed by atoms with Crippen LogP contribution in [0.5, 0.6) is 5.75 Å². The molecule has 134 valence electrons. The summed E-state index contributed by atoms with van der Waals surface area (Å²) in [7, 11) is 1.57. The van der Waals surface area contributed by atoms with E-state index in [1.807, 2.05) is 6.07 Å². The van der Waals surface area contributed by atoms with Gasteiger partial charge in [0.05, 0.1) is 31.0 Å². The van der Waals surface area contributed by atoms with Crippen LogP contribution in [0.2, 0.25) is 0 Å². The fourth-order valence-corrected chi connectivity index (χ4v) is 3.09. The zero-order chi connectivity index (χ0) is 18.7. The number of hydrogen-bond donors (Lipinski definition) is 1. The molecule has 26 heavy (non-hydrogen) atoms. The van der Waals surface area contributed by atoms with E-state index in [2.05, 4.69) is 4.98 Å². The molecular formula is C20H20N2O4. The van der Waals surface area contributed by atoms with Crippen molar-refractivity contribution in [2.75, 3.05) is 7.11 Å². The number of aliphatic hydroxyl groups excluding tert-OH is 1. The lowest BCUT2D eigenvalue weighted by Gasteiger charge is -2.26. The van der Waals surface area contributed by atoms with E-state index in [4.69, 9.17) is 4.74 Å². The molecule has 1 aliphatic heterocycles. The van der Waals surface area contributed by atoms with Crippen LogP contribution in [-0.4, -0.2) is 33.8 Å². The van der Waals surface area contributed by atoms with Crippen LogP contribution in [0, 0.1) is 0 Å². The van der Waals surface area contributed by atoms with E-state index in [-0.39, 0.29) is 24.3 Å². The van der Waals surface area contributed by atoms with Gasteiger partial charge in [0.2, 0.25) is 0 Å². The van der Waals surface area contributed by atoms with E-state index >= 15 is 0 Å². The second-order valence-corrected chi connectivity index (χ2v) is 5.97. The van der Waals surface area contributed by atoms with Crippen molar-refractivity contribution in [1.29, 1.82) is 0 Å². The number of pyridine rings is 1. The number of Topliss-reactive ketones (excluding diaryl/α,β-unsaturated/α-hetero) is 1. The van der Waals surface area contributed by atoms with Crippen molar-refractivity contribution in [3.05, 3.63) is 71.3 Å². The van der Waals surface area contributed by atoms with Crippen LogP contribution >= 0.6 is 0 Å². The number of ketones is 1. The fourth-order valence-electron chi connectivity index (χ4n) is 3.09. The first kappa shape index (κ1) is 17.7. The number of methoxy groups -OCH3 is 1. The zero-order valence-corrected chi connectivity index (χ0v) is 14.7. The Morgan fingerprint density at radius 2 is 1.96 bits per heavy atom. The fraction of sp³-hybridized carbons (Fsp3) is 0.250. The van der Waals surface area contributed by atoms with Crippen molar-refractivity contribution in [3.63, 3.8) is 0 Å². The zero-order valence-electron chi connectivity index (χ0n) is 14.7. The number of hydrogen-bond acceptors (Lipinski definition) is 5. The molecule has 0 aliphatic carbocycles. The average molecular weight is 352 g/mol. The Bertz CT molecular complexity index is 844. The first-order valence-corrected chi connectivity index (χ1v) is 8.38. The second kappa shape index (κ2) is 7.39. The number of benzene rings is 1. The second-order valence-electron chi connectivity index (χ2n) is 5.97. The van der Waals surface area contributed by atoms with Crippen molar-refractivity contribution in [3.8, 4) is 5.75 Å². The number of ether oxygens (including phenoxy) is 1. The molecule has 1 unspecified atom stereocenters. The van der Waals surface area contributed by atoms with Gasteiger partial charge in [0.15, 0.2) is 11.5 Å². The van der Waals surface area contributed by atoms with Crippen molar-refractivity contribution < 1.29 is 19.4 Å². The molecule has 0 saturated heterocycles. The topological polar surface area (TPSA) is 79.7 Å². The van der Waals surface area contributed by atoms with Gasteiger partial charge in [-0.05, 0) is 29.8 Å². The molecular weight excluding hydrogens is 332 g/mol. The van der Waals surface area contributed by atoms with Crippen LogP contribution in [0.4, 0.5) is 0 Å². The van der Waals surface area contributed by atoms with E-state index in [1.165, 1.54) is 4.90 Å². The Kier molecular flexibility index (Phi) is 5.02. The third-order valence-corrected chi connectivity index (χ3v) is 4.42. The SMILES string of the molecule is CCC(=O)C1=C(O)C(=O)N(Cc2ccccn2)C1c1ccc(OC)cc1. The Labute approximate surface area is 151 Å². The molecule has 0 bridgehead atoms. The van der Waals surface area contributed by atoms with Gasteiger partial charge < -0.3 is 14.7 Å². The third-order valence-electron chi connectivity index (χ3n) is 4.42. The molecule has 0 spiro atoms. The molecule has 0 fully saturated rings. The smallest absolute Gasteiger partial charge is 0.290 e. The predicted octanol–water partition coefficient (Wildman–Crippen LogP) is 2.96. The lowest BCUT2D eigenvalue weighted by molar-refractivity contribution is -0.130. The number of aromatic nitrogens is 1. The molecule has 3 rings (SSSR count). The van der Waals surface area contributed by atoms with Crippen LogP contribution in [-0.2, 0) is 16.1 Å². The van der Waals surface area contributed by atoms with Gasteiger partial charge in [0.1, 0.15) is 5.75 Å². The summed E-state index contributed by atoms with van der Waals surface area (Å²) in [5.74, 6) is -0.618. The van der Waals surface area contributed by atoms with Gasteiger partial charge in [-0.15, -0.1) is 0 Å².